The van der Waals surface area contributed by atoms with Crippen LogP contribution in [-0.4, -0.2) is 14.8 Å². The molecule has 0 fully saturated rings. The fraction of sp³-hybridized carbons (Fsp3) is 0.0769. The van der Waals surface area contributed by atoms with Crippen molar-refractivity contribution in [3.8, 4) is 5.75 Å². The molecule has 0 saturated carbocycles. The van der Waals surface area contributed by atoms with Gasteiger partial charge in [-0.3, -0.25) is 4.72 Å². The molecule has 22 heavy (non-hydrogen) atoms. The third-order valence-corrected chi connectivity index (χ3v) is 3.86. The molecule has 4 nitrogen and oxygen atoms in total. The molecule has 2 rings (SSSR count). The van der Waals surface area contributed by atoms with Crippen molar-refractivity contribution in [2.24, 2.45) is 0 Å². The van der Waals surface area contributed by atoms with Crippen LogP contribution in [0.2, 0.25) is 0 Å². The van der Waals surface area contributed by atoms with Gasteiger partial charge in [-0.2, -0.15) is 0 Å². The van der Waals surface area contributed by atoms with Crippen LogP contribution >= 0.6 is 0 Å². The van der Waals surface area contributed by atoms with Gasteiger partial charge >= 0.3 is 6.36 Å². The Morgan fingerprint density at radius 1 is 0.909 bits per heavy atom. The highest BCUT2D eigenvalue weighted by Gasteiger charge is 2.31. The Bertz CT molecular complexity index is 740. The molecule has 2 aromatic rings. The topological polar surface area (TPSA) is 55.4 Å². The zero-order valence-corrected chi connectivity index (χ0v) is 11.6. The Kier molecular flexibility index (Phi) is 4.27. The van der Waals surface area contributed by atoms with Crippen molar-refractivity contribution in [2.45, 2.75) is 11.3 Å². The number of halogens is 4. The number of ether oxygens (including phenoxy) is 1. The Morgan fingerprint density at radius 2 is 1.45 bits per heavy atom. The second-order valence-electron chi connectivity index (χ2n) is 4.13. The van der Waals surface area contributed by atoms with Crippen LogP contribution in [0.1, 0.15) is 0 Å². The predicted octanol–water partition coefficient (Wildman–Crippen LogP) is 3.53. The lowest BCUT2D eigenvalue weighted by molar-refractivity contribution is -0.274. The first kappa shape index (κ1) is 16.1. The summed E-state index contributed by atoms with van der Waals surface area (Å²) in [5, 5.41) is 0. The number of anilines is 1. The van der Waals surface area contributed by atoms with Crippen molar-refractivity contribution >= 4 is 15.7 Å². The van der Waals surface area contributed by atoms with Gasteiger partial charge in [0, 0.05) is 5.69 Å². The van der Waals surface area contributed by atoms with Gasteiger partial charge in [-0.15, -0.1) is 13.2 Å². The van der Waals surface area contributed by atoms with Crippen molar-refractivity contribution in [3.63, 3.8) is 0 Å². The fourth-order valence-electron chi connectivity index (χ4n) is 1.55. The summed E-state index contributed by atoms with van der Waals surface area (Å²) in [7, 11) is -4.00. The number of alkyl halides is 3. The first-order chi connectivity index (χ1) is 10.2. The van der Waals surface area contributed by atoms with Crippen LogP contribution in [0.25, 0.3) is 0 Å². The van der Waals surface area contributed by atoms with E-state index in [2.05, 4.69) is 9.46 Å². The number of sulfonamides is 1. The van der Waals surface area contributed by atoms with Gasteiger partial charge in [0.1, 0.15) is 11.6 Å². The molecule has 0 aromatic heterocycles. The van der Waals surface area contributed by atoms with E-state index in [1.54, 1.807) is 0 Å². The van der Waals surface area contributed by atoms with E-state index in [4.69, 9.17) is 0 Å². The van der Waals surface area contributed by atoms with Crippen LogP contribution in [0.5, 0.6) is 5.75 Å². The maximum absolute atomic E-state index is 12.7. The molecule has 0 unspecified atom stereocenters. The van der Waals surface area contributed by atoms with E-state index in [0.717, 1.165) is 36.4 Å². The molecule has 0 atom stereocenters. The molecule has 0 aliphatic rings. The average Bonchev–Trinajstić information content (AvgIpc) is 2.40. The van der Waals surface area contributed by atoms with Gasteiger partial charge in [0.2, 0.25) is 0 Å². The van der Waals surface area contributed by atoms with Gasteiger partial charge in [0.25, 0.3) is 10.0 Å². The van der Waals surface area contributed by atoms with Crippen molar-refractivity contribution in [1.82, 2.24) is 0 Å². The normalized spacial score (nSPS) is 12.0. The van der Waals surface area contributed by atoms with Gasteiger partial charge in [-0.25, -0.2) is 12.8 Å². The fourth-order valence-corrected chi connectivity index (χ4v) is 2.61. The quantitative estimate of drug-likeness (QED) is 0.870. The summed E-state index contributed by atoms with van der Waals surface area (Å²) in [6.45, 7) is 0. The molecule has 0 amide bonds. The number of nitrogens with one attached hydrogen (secondary N) is 1. The van der Waals surface area contributed by atoms with E-state index in [0.29, 0.717) is 0 Å². The highest BCUT2D eigenvalue weighted by Crippen LogP contribution is 2.24. The van der Waals surface area contributed by atoms with Crippen molar-refractivity contribution in [1.29, 1.82) is 0 Å². The molecule has 9 heteroatoms. The molecule has 0 radical (unpaired) electrons. The lowest BCUT2D eigenvalue weighted by atomic mass is 10.3. The average molecular weight is 335 g/mol. The van der Waals surface area contributed by atoms with Crippen LogP contribution in [0.3, 0.4) is 0 Å². The van der Waals surface area contributed by atoms with Crippen molar-refractivity contribution in [2.75, 3.05) is 4.72 Å². The molecule has 0 saturated heterocycles. The van der Waals surface area contributed by atoms with E-state index in [1.165, 1.54) is 12.1 Å². The molecule has 2 aromatic carbocycles. The van der Waals surface area contributed by atoms with Gasteiger partial charge < -0.3 is 4.74 Å². The molecule has 118 valence electrons. The van der Waals surface area contributed by atoms with Crippen molar-refractivity contribution in [3.05, 3.63) is 54.3 Å². The lowest BCUT2D eigenvalue weighted by Crippen LogP contribution is -2.17. The summed E-state index contributed by atoms with van der Waals surface area (Å²) in [6.07, 6.45) is -4.85. The number of benzene rings is 2. The summed E-state index contributed by atoms with van der Waals surface area (Å²) in [5.74, 6) is -1.06. The maximum Gasteiger partial charge on any atom is 0.573 e. The van der Waals surface area contributed by atoms with Gasteiger partial charge in [0.15, 0.2) is 0 Å². The van der Waals surface area contributed by atoms with E-state index < -0.39 is 28.0 Å². The van der Waals surface area contributed by atoms with E-state index >= 15 is 0 Å². The second kappa shape index (κ2) is 5.84. The van der Waals surface area contributed by atoms with Crippen LogP contribution < -0.4 is 9.46 Å². The Labute approximate surface area is 123 Å². The van der Waals surface area contributed by atoms with Gasteiger partial charge in [-0.05, 0) is 48.5 Å². The predicted molar refractivity (Wildman–Crippen MR) is 70.3 cm³/mol. The summed E-state index contributed by atoms with van der Waals surface area (Å²) in [4.78, 5) is -0.258. The molecule has 0 heterocycles. The zero-order valence-electron chi connectivity index (χ0n) is 10.8. The minimum atomic E-state index is -4.85. The third kappa shape index (κ3) is 4.35. The summed E-state index contributed by atoms with van der Waals surface area (Å²) in [6, 6.07) is 8.26. The molecular formula is C13H9F4NO3S. The van der Waals surface area contributed by atoms with Gasteiger partial charge in [0.05, 0.1) is 4.90 Å². The highest BCUT2D eigenvalue weighted by atomic mass is 32.2. The summed E-state index contributed by atoms with van der Waals surface area (Å²) in [5.41, 5.74) is 0.122. The smallest absolute Gasteiger partial charge is 0.406 e. The first-order valence-electron chi connectivity index (χ1n) is 5.80. The van der Waals surface area contributed by atoms with E-state index in [1.807, 2.05) is 0 Å². The minimum absolute atomic E-state index is 0.122. The minimum Gasteiger partial charge on any atom is -0.406 e. The van der Waals surface area contributed by atoms with Gasteiger partial charge in [-0.1, -0.05) is 0 Å². The monoisotopic (exact) mass is 335 g/mol. The maximum atomic E-state index is 12.7. The molecule has 0 spiro atoms. The molecule has 1 N–H and O–H groups in total. The molecule has 0 aliphatic heterocycles. The second-order valence-corrected chi connectivity index (χ2v) is 5.81. The van der Waals surface area contributed by atoms with E-state index in [-0.39, 0.29) is 10.6 Å². The van der Waals surface area contributed by atoms with Crippen LogP contribution in [0.15, 0.2) is 53.4 Å². The Morgan fingerprint density at radius 3 is 1.95 bits per heavy atom. The molecular weight excluding hydrogens is 326 g/mol. The lowest BCUT2D eigenvalue weighted by Gasteiger charge is -2.10. The molecule has 0 bridgehead atoms. The largest absolute Gasteiger partial charge is 0.573 e. The molecule has 0 aliphatic carbocycles. The highest BCUT2D eigenvalue weighted by molar-refractivity contribution is 7.92. The number of hydrogen-bond donors (Lipinski definition) is 1. The Hall–Kier alpha value is -2.29. The van der Waals surface area contributed by atoms with Crippen LogP contribution in [0, 0.1) is 5.82 Å². The van der Waals surface area contributed by atoms with Crippen molar-refractivity contribution < 1.29 is 30.7 Å². The standard InChI is InChI=1S/C13H9F4NO3S/c14-9-1-3-10(4-2-9)18-22(19,20)12-7-5-11(6-8-12)21-13(15,16)17/h1-8,18H. The summed E-state index contributed by atoms with van der Waals surface area (Å²) >= 11 is 0. The Balaban J connectivity index is 2.17. The zero-order chi connectivity index (χ0) is 16.4. The number of rotatable bonds is 4. The van der Waals surface area contributed by atoms with Crippen LogP contribution in [-0.2, 0) is 10.0 Å². The SMILES string of the molecule is O=S(=O)(Nc1ccc(F)cc1)c1ccc(OC(F)(F)F)cc1. The number of hydrogen-bond acceptors (Lipinski definition) is 3. The van der Waals surface area contributed by atoms with E-state index in [9.17, 15) is 26.0 Å². The first-order valence-corrected chi connectivity index (χ1v) is 7.28. The third-order valence-electron chi connectivity index (χ3n) is 2.46. The van der Waals surface area contributed by atoms with Crippen LogP contribution in [0.4, 0.5) is 23.2 Å². The summed E-state index contributed by atoms with van der Waals surface area (Å²) < 4.78 is 78.6.